The molecule has 1 atom stereocenters. The van der Waals surface area contributed by atoms with E-state index in [2.05, 4.69) is 31.9 Å². The van der Waals surface area contributed by atoms with Crippen LogP contribution in [0.1, 0.15) is 46.9 Å². The number of amides is 2. The number of carbonyl (C=O) groups is 2. The monoisotopic (exact) mass is 571 g/mol. The molecule has 3 aromatic carbocycles. The fourth-order valence-corrected chi connectivity index (χ4v) is 4.50. The van der Waals surface area contributed by atoms with E-state index in [9.17, 15) is 9.59 Å². The Morgan fingerprint density at radius 2 is 1.69 bits per heavy atom. The van der Waals surface area contributed by atoms with Crippen LogP contribution in [0.3, 0.4) is 0 Å². The minimum Gasteiger partial charge on any atom is -0.388 e. The Balaban J connectivity index is 1.75. The molecule has 3 N–H and O–H groups in total. The van der Waals surface area contributed by atoms with E-state index < -0.39 is 0 Å². The van der Waals surface area contributed by atoms with Crippen molar-refractivity contribution < 1.29 is 9.59 Å². The molecule has 1 unspecified atom stereocenters. The van der Waals surface area contributed by atoms with Crippen molar-refractivity contribution in [3.05, 3.63) is 92.4 Å². The van der Waals surface area contributed by atoms with Gasteiger partial charge in [0, 0.05) is 58.1 Å². The number of carbonyl (C=O) groups excluding carboxylic acids is 2. The second-order valence-corrected chi connectivity index (χ2v) is 10.1. The van der Waals surface area contributed by atoms with E-state index in [1.165, 1.54) is 6.92 Å². The van der Waals surface area contributed by atoms with E-state index in [0.717, 1.165) is 37.4 Å². The maximum Gasteiger partial charge on any atom is 0.255 e. The van der Waals surface area contributed by atoms with Crippen molar-refractivity contribution in [3.63, 3.8) is 0 Å². The van der Waals surface area contributed by atoms with Crippen LogP contribution in [0.4, 0.5) is 11.4 Å². The standard InChI is InChI=1S/C27H27BrClN3O2S/c1-16(31-17(2)33)18-4-10-25(29)20(12-18)14-24(35)15-21-13-19(5-11-26(21)30-3)27(34)32-23-8-6-22(28)7-9-23/h4-13,16,30H,14-15H2,1-3H3,(H,31,33)(H,32,34). The van der Waals surface area contributed by atoms with Crippen LogP contribution >= 0.6 is 39.7 Å². The van der Waals surface area contributed by atoms with E-state index in [4.69, 9.17) is 23.8 Å². The first-order valence-corrected chi connectivity index (χ1v) is 12.7. The summed E-state index contributed by atoms with van der Waals surface area (Å²) < 4.78 is 0.944. The van der Waals surface area contributed by atoms with E-state index in [-0.39, 0.29) is 17.9 Å². The molecule has 0 saturated heterocycles. The van der Waals surface area contributed by atoms with Gasteiger partial charge in [0.05, 0.1) is 6.04 Å². The van der Waals surface area contributed by atoms with Crippen LogP contribution in [-0.2, 0) is 17.6 Å². The van der Waals surface area contributed by atoms with Gasteiger partial charge >= 0.3 is 0 Å². The zero-order chi connectivity index (χ0) is 25.5. The normalized spacial score (nSPS) is 11.5. The Kier molecular flexibility index (Phi) is 9.43. The van der Waals surface area contributed by atoms with Gasteiger partial charge in [-0.15, -0.1) is 0 Å². The number of anilines is 2. The average Bonchev–Trinajstić information content (AvgIpc) is 2.81. The van der Waals surface area contributed by atoms with Crippen molar-refractivity contribution >= 4 is 67.8 Å². The van der Waals surface area contributed by atoms with Crippen molar-refractivity contribution in [2.24, 2.45) is 0 Å². The quantitative estimate of drug-likeness (QED) is 0.248. The van der Waals surface area contributed by atoms with Gasteiger partial charge in [-0.05, 0) is 72.1 Å². The number of hydrogen-bond donors (Lipinski definition) is 3. The Bertz CT molecular complexity index is 1250. The van der Waals surface area contributed by atoms with Gasteiger partial charge in [-0.1, -0.05) is 51.9 Å². The molecule has 0 saturated carbocycles. The Morgan fingerprint density at radius 1 is 1.00 bits per heavy atom. The van der Waals surface area contributed by atoms with Gasteiger partial charge in [0.25, 0.3) is 5.91 Å². The minimum absolute atomic E-state index is 0.0897. The molecule has 0 aliphatic heterocycles. The van der Waals surface area contributed by atoms with Gasteiger partial charge in [0.2, 0.25) is 5.91 Å². The average molecular weight is 573 g/mol. The Morgan fingerprint density at radius 3 is 2.34 bits per heavy atom. The van der Waals surface area contributed by atoms with Gasteiger partial charge in [0.1, 0.15) is 0 Å². The number of halogens is 2. The summed E-state index contributed by atoms with van der Waals surface area (Å²) in [5, 5.41) is 9.61. The zero-order valence-electron chi connectivity index (χ0n) is 19.7. The molecule has 8 heteroatoms. The summed E-state index contributed by atoms with van der Waals surface area (Å²) in [6.45, 7) is 3.42. The van der Waals surface area contributed by atoms with Crippen molar-refractivity contribution in [1.29, 1.82) is 0 Å². The SMILES string of the molecule is CNc1ccc(C(=O)Nc2ccc(Br)cc2)cc1CC(=S)Cc1cc(C(C)NC(C)=O)ccc1Cl. The molecule has 2 amide bonds. The molecule has 0 bridgehead atoms. The smallest absolute Gasteiger partial charge is 0.255 e. The first-order chi connectivity index (χ1) is 16.7. The lowest BCUT2D eigenvalue weighted by atomic mass is 9.98. The van der Waals surface area contributed by atoms with Crippen LogP contribution in [0, 0.1) is 0 Å². The van der Waals surface area contributed by atoms with Crippen molar-refractivity contribution in [1.82, 2.24) is 5.32 Å². The Labute approximate surface area is 224 Å². The lowest BCUT2D eigenvalue weighted by molar-refractivity contribution is -0.119. The number of rotatable bonds is 9. The highest BCUT2D eigenvalue weighted by Gasteiger charge is 2.14. The molecule has 3 aromatic rings. The molecule has 3 rings (SSSR count). The predicted octanol–water partition coefficient (Wildman–Crippen LogP) is 6.75. The highest BCUT2D eigenvalue weighted by atomic mass is 79.9. The van der Waals surface area contributed by atoms with Crippen LogP contribution < -0.4 is 16.0 Å². The van der Waals surface area contributed by atoms with E-state index in [1.807, 2.05) is 68.6 Å². The van der Waals surface area contributed by atoms with E-state index >= 15 is 0 Å². The van der Waals surface area contributed by atoms with Gasteiger partial charge in [-0.25, -0.2) is 0 Å². The Hall–Kier alpha value is -2.74. The van der Waals surface area contributed by atoms with Crippen molar-refractivity contribution in [2.45, 2.75) is 32.7 Å². The summed E-state index contributed by atoms with van der Waals surface area (Å²) in [5.41, 5.74) is 4.97. The lowest BCUT2D eigenvalue weighted by Gasteiger charge is -2.16. The molecule has 0 fully saturated rings. The highest BCUT2D eigenvalue weighted by Crippen LogP contribution is 2.25. The van der Waals surface area contributed by atoms with Gasteiger partial charge in [-0.3, -0.25) is 9.59 Å². The molecule has 35 heavy (non-hydrogen) atoms. The summed E-state index contributed by atoms with van der Waals surface area (Å²) in [6, 6.07) is 18.6. The molecule has 0 aliphatic rings. The maximum absolute atomic E-state index is 12.8. The van der Waals surface area contributed by atoms with Crippen LogP contribution in [0.2, 0.25) is 5.02 Å². The zero-order valence-corrected chi connectivity index (χ0v) is 22.9. The fourth-order valence-electron chi connectivity index (χ4n) is 3.74. The third-order valence-corrected chi connectivity index (χ3v) is 6.69. The van der Waals surface area contributed by atoms with Gasteiger partial charge in [0.15, 0.2) is 0 Å². The van der Waals surface area contributed by atoms with Crippen LogP contribution in [-0.4, -0.2) is 23.7 Å². The summed E-state index contributed by atoms with van der Waals surface area (Å²) in [6.07, 6.45) is 1.01. The summed E-state index contributed by atoms with van der Waals surface area (Å²) >= 11 is 15.6. The summed E-state index contributed by atoms with van der Waals surface area (Å²) in [5.74, 6) is -0.280. The van der Waals surface area contributed by atoms with Crippen LogP contribution in [0.15, 0.2) is 65.1 Å². The first kappa shape index (κ1) is 26.9. The molecular weight excluding hydrogens is 546 g/mol. The number of hydrogen-bond acceptors (Lipinski definition) is 4. The van der Waals surface area contributed by atoms with Crippen molar-refractivity contribution in [3.8, 4) is 0 Å². The largest absolute Gasteiger partial charge is 0.388 e. The topological polar surface area (TPSA) is 70.2 Å². The summed E-state index contributed by atoms with van der Waals surface area (Å²) in [7, 11) is 1.84. The second-order valence-electron chi connectivity index (χ2n) is 8.25. The number of benzene rings is 3. The summed E-state index contributed by atoms with van der Waals surface area (Å²) in [4.78, 5) is 25.0. The molecule has 0 spiro atoms. The lowest BCUT2D eigenvalue weighted by Crippen LogP contribution is -2.23. The third-order valence-electron chi connectivity index (χ3n) is 5.50. The van der Waals surface area contributed by atoms with Crippen molar-refractivity contribution in [2.75, 3.05) is 17.7 Å². The molecule has 0 aliphatic carbocycles. The molecule has 0 aromatic heterocycles. The number of nitrogens with one attached hydrogen (secondary N) is 3. The molecular formula is C27H27BrClN3O2S. The van der Waals surface area contributed by atoms with E-state index in [0.29, 0.717) is 23.4 Å². The van der Waals surface area contributed by atoms with Gasteiger partial charge < -0.3 is 16.0 Å². The van der Waals surface area contributed by atoms with Crippen LogP contribution in [0.25, 0.3) is 0 Å². The minimum atomic E-state index is -0.190. The number of thiocarbonyl (C=S) groups is 1. The second kappa shape index (κ2) is 12.3. The predicted molar refractivity (Wildman–Crippen MR) is 152 cm³/mol. The molecule has 5 nitrogen and oxygen atoms in total. The molecule has 182 valence electrons. The first-order valence-electron chi connectivity index (χ1n) is 11.1. The van der Waals surface area contributed by atoms with E-state index in [1.54, 1.807) is 6.07 Å². The fraction of sp³-hybridized carbons (Fsp3) is 0.222. The molecule has 0 radical (unpaired) electrons. The molecule has 0 heterocycles. The van der Waals surface area contributed by atoms with Crippen LogP contribution in [0.5, 0.6) is 0 Å². The highest BCUT2D eigenvalue weighted by molar-refractivity contribution is 9.10. The van der Waals surface area contributed by atoms with Gasteiger partial charge in [-0.2, -0.15) is 0 Å². The third kappa shape index (κ3) is 7.62. The maximum atomic E-state index is 12.8.